The van der Waals surface area contributed by atoms with Gasteiger partial charge in [-0.15, -0.1) is 0 Å². The molecule has 0 aliphatic carbocycles. The van der Waals surface area contributed by atoms with Crippen LogP contribution < -0.4 is 4.74 Å². The van der Waals surface area contributed by atoms with Crippen molar-refractivity contribution in [1.82, 2.24) is 4.90 Å². The number of aryl methyl sites for hydroxylation is 1. The first-order chi connectivity index (χ1) is 11.0. The van der Waals surface area contributed by atoms with E-state index < -0.39 is 5.97 Å². The largest absolute Gasteiger partial charge is 0.497 e. The summed E-state index contributed by atoms with van der Waals surface area (Å²) in [5, 5.41) is 9.10. The van der Waals surface area contributed by atoms with Crippen LogP contribution in [-0.4, -0.2) is 35.5 Å². The fraction of sp³-hybridized carbons (Fsp3) is 0.222. The summed E-state index contributed by atoms with van der Waals surface area (Å²) >= 11 is 0. The SMILES string of the molecule is COc1ccc(C(=O)N(CC(=O)O)Cc2ccccc2)c(C)c1. The number of hydrogen-bond acceptors (Lipinski definition) is 3. The van der Waals surface area contributed by atoms with E-state index in [4.69, 9.17) is 9.84 Å². The lowest BCUT2D eigenvalue weighted by atomic mass is 10.1. The number of carboxylic acids is 1. The highest BCUT2D eigenvalue weighted by atomic mass is 16.5. The van der Waals surface area contributed by atoms with Crippen molar-refractivity contribution in [2.75, 3.05) is 13.7 Å². The summed E-state index contributed by atoms with van der Waals surface area (Å²) < 4.78 is 5.13. The van der Waals surface area contributed by atoms with Gasteiger partial charge in [-0.3, -0.25) is 9.59 Å². The first-order valence-corrected chi connectivity index (χ1v) is 7.21. The summed E-state index contributed by atoms with van der Waals surface area (Å²) in [6.07, 6.45) is 0. The van der Waals surface area contributed by atoms with Gasteiger partial charge < -0.3 is 14.7 Å². The molecule has 0 saturated carbocycles. The van der Waals surface area contributed by atoms with Gasteiger partial charge in [-0.05, 0) is 36.2 Å². The number of ether oxygens (including phenoxy) is 1. The topological polar surface area (TPSA) is 66.8 Å². The smallest absolute Gasteiger partial charge is 0.323 e. The molecular formula is C18H19NO4. The number of benzene rings is 2. The third-order valence-corrected chi connectivity index (χ3v) is 3.49. The Bertz CT molecular complexity index is 697. The summed E-state index contributed by atoms with van der Waals surface area (Å²) in [5.74, 6) is -0.691. The monoisotopic (exact) mass is 313 g/mol. The van der Waals surface area contributed by atoms with Crippen LogP contribution in [0.5, 0.6) is 5.75 Å². The fourth-order valence-corrected chi connectivity index (χ4v) is 2.34. The van der Waals surface area contributed by atoms with E-state index in [1.54, 1.807) is 32.2 Å². The number of methoxy groups -OCH3 is 1. The Morgan fingerprint density at radius 1 is 1.13 bits per heavy atom. The van der Waals surface area contributed by atoms with Gasteiger partial charge in [-0.25, -0.2) is 0 Å². The Morgan fingerprint density at radius 3 is 2.39 bits per heavy atom. The van der Waals surface area contributed by atoms with Crippen molar-refractivity contribution in [3.05, 3.63) is 65.2 Å². The molecule has 0 aliphatic heterocycles. The Morgan fingerprint density at radius 2 is 1.83 bits per heavy atom. The van der Waals surface area contributed by atoms with Crippen LogP contribution >= 0.6 is 0 Å². The van der Waals surface area contributed by atoms with E-state index in [-0.39, 0.29) is 19.0 Å². The summed E-state index contributed by atoms with van der Waals surface area (Å²) in [6, 6.07) is 14.4. The Labute approximate surface area is 135 Å². The lowest BCUT2D eigenvalue weighted by Gasteiger charge is -2.22. The highest BCUT2D eigenvalue weighted by Crippen LogP contribution is 2.19. The third-order valence-electron chi connectivity index (χ3n) is 3.49. The average molecular weight is 313 g/mol. The highest BCUT2D eigenvalue weighted by molar-refractivity contribution is 5.97. The number of carbonyl (C=O) groups is 2. The number of nitrogens with zero attached hydrogens (tertiary/aromatic N) is 1. The summed E-state index contributed by atoms with van der Waals surface area (Å²) in [4.78, 5) is 25.2. The van der Waals surface area contributed by atoms with Gasteiger partial charge in [0.1, 0.15) is 12.3 Å². The van der Waals surface area contributed by atoms with Gasteiger partial charge in [0, 0.05) is 12.1 Å². The molecule has 0 spiro atoms. The number of carbonyl (C=O) groups excluding carboxylic acids is 1. The molecule has 0 aliphatic rings. The molecule has 2 aromatic rings. The molecule has 0 heterocycles. The number of aliphatic carboxylic acids is 1. The maximum absolute atomic E-state index is 12.7. The zero-order chi connectivity index (χ0) is 16.8. The minimum atomic E-state index is -1.04. The van der Waals surface area contributed by atoms with Gasteiger partial charge in [0.05, 0.1) is 7.11 Å². The zero-order valence-electron chi connectivity index (χ0n) is 13.2. The molecule has 120 valence electrons. The maximum Gasteiger partial charge on any atom is 0.323 e. The van der Waals surface area contributed by atoms with Gasteiger partial charge in [-0.1, -0.05) is 30.3 Å². The van der Waals surface area contributed by atoms with Crippen molar-refractivity contribution in [2.24, 2.45) is 0 Å². The standard InChI is InChI=1S/C18H19NO4/c1-13-10-15(23-2)8-9-16(13)18(22)19(12-17(20)21)11-14-6-4-3-5-7-14/h3-10H,11-12H2,1-2H3,(H,20,21). The minimum Gasteiger partial charge on any atom is -0.497 e. The van der Waals surface area contributed by atoms with E-state index in [1.165, 1.54) is 4.90 Å². The number of rotatable bonds is 6. The molecule has 0 saturated heterocycles. The third kappa shape index (κ3) is 4.32. The Kier molecular flexibility index (Phi) is 5.36. The lowest BCUT2D eigenvalue weighted by molar-refractivity contribution is -0.137. The summed E-state index contributed by atoms with van der Waals surface area (Å²) in [5.41, 5.74) is 2.11. The summed E-state index contributed by atoms with van der Waals surface area (Å²) in [6.45, 7) is 1.70. The normalized spacial score (nSPS) is 10.2. The zero-order valence-corrected chi connectivity index (χ0v) is 13.2. The van der Waals surface area contributed by atoms with E-state index in [1.807, 2.05) is 30.3 Å². The van der Waals surface area contributed by atoms with Crippen LogP contribution in [0.15, 0.2) is 48.5 Å². The van der Waals surface area contributed by atoms with Crippen LogP contribution in [-0.2, 0) is 11.3 Å². The predicted octanol–water partition coefficient (Wildman–Crippen LogP) is 2.73. The van der Waals surface area contributed by atoms with Crippen molar-refractivity contribution in [1.29, 1.82) is 0 Å². The van der Waals surface area contributed by atoms with Crippen molar-refractivity contribution < 1.29 is 19.4 Å². The first-order valence-electron chi connectivity index (χ1n) is 7.21. The summed E-state index contributed by atoms with van der Waals surface area (Å²) in [7, 11) is 1.56. The van der Waals surface area contributed by atoms with E-state index in [2.05, 4.69) is 0 Å². The van der Waals surface area contributed by atoms with E-state index in [9.17, 15) is 9.59 Å². The van der Waals surface area contributed by atoms with Crippen LogP contribution in [0.1, 0.15) is 21.5 Å². The lowest BCUT2D eigenvalue weighted by Crippen LogP contribution is -2.35. The molecule has 5 heteroatoms. The molecule has 0 unspecified atom stereocenters. The van der Waals surface area contributed by atoms with E-state index in [0.29, 0.717) is 11.3 Å². The Hall–Kier alpha value is -2.82. The first kappa shape index (κ1) is 16.5. The van der Waals surface area contributed by atoms with Crippen LogP contribution in [0.25, 0.3) is 0 Å². The highest BCUT2D eigenvalue weighted by Gasteiger charge is 2.20. The molecule has 0 fully saturated rings. The van der Waals surface area contributed by atoms with E-state index in [0.717, 1.165) is 11.1 Å². The molecule has 5 nitrogen and oxygen atoms in total. The molecule has 0 bridgehead atoms. The van der Waals surface area contributed by atoms with Crippen molar-refractivity contribution in [2.45, 2.75) is 13.5 Å². The van der Waals surface area contributed by atoms with Crippen molar-refractivity contribution >= 4 is 11.9 Å². The number of amides is 1. The van der Waals surface area contributed by atoms with Gasteiger partial charge >= 0.3 is 5.97 Å². The second kappa shape index (κ2) is 7.45. The molecule has 1 N–H and O–H groups in total. The van der Waals surface area contributed by atoms with Crippen LogP contribution in [0.3, 0.4) is 0 Å². The second-order valence-corrected chi connectivity index (χ2v) is 5.22. The molecule has 0 radical (unpaired) electrons. The molecule has 23 heavy (non-hydrogen) atoms. The van der Waals surface area contributed by atoms with Gasteiger partial charge in [0.15, 0.2) is 0 Å². The molecular weight excluding hydrogens is 294 g/mol. The van der Waals surface area contributed by atoms with Gasteiger partial charge in [0.25, 0.3) is 5.91 Å². The maximum atomic E-state index is 12.7. The van der Waals surface area contributed by atoms with Gasteiger partial charge in [0.2, 0.25) is 0 Å². The van der Waals surface area contributed by atoms with Crippen LogP contribution in [0.4, 0.5) is 0 Å². The molecule has 0 atom stereocenters. The van der Waals surface area contributed by atoms with Crippen LogP contribution in [0, 0.1) is 6.92 Å². The van der Waals surface area contributed by atoms with Gasteiger partial charge in [-0.2, -0.15) is 0 Å². The Balaban J connectivity index is 2.27. The van der Waals surface area contributed by atoms with E-state index >= 15 is 0 Å². The number of hydrogen-bond donors (Lipinski definition) is 1. The molecule has 1 amide bonds. The molecule has 2 rings (SSSR count). The van der Waals surface area contributed by atoms with Crippen molar-refractivity contribution in [3.63, 3.8) is 0 Å². The minimum absolute atomic E-state index is 0.247. The predicted molar refractivity (Wildman–Crippen MR) is 86.5 cm³/mol. The number of carboxylic acid groups (broad SMARTS) is 1. The second-order valence-electron chi connectivity index (χ2n) is 5.22. The average Bonchev–Trinajstić information content (AvgIpc) is 2.54. The van der Waals surface area contributed by atoms with Crippen LogP contribution in [0.2, 0.25) is 0 Å². The molecule has 0 aromatic heterocycles. The quantitative estimate of drug-likeness (QED) is 0.890. The fourth-order valence-electron chi connectivity index (χ4n) is 2.34. The molecule has 2 aromatic carbocycles. The van der Waals surface area contributed by atoms with Crippen molar-refractivity contribution in [3.8, 4) is 5.75 Å².